The van der Waals surface area contributed by atoms with Gasteiger partial charge >= 0.3 is 0 Å². The summed E-state index contributed by atoms with van der Waals surface area (Å²) in [7, 11) is 0. The number of hydrogen-bond donors (Lipinski definition) is 2. The Labute approximate surface area is 213 Å². The lowest BCUT2D eigenvalue weighted by Gasteiger charge is -2.31. The van der Waals surface area contributed by atoms with Crippen molar-refractivity contribution in [3.63, 3.8) is 0 Å². The van der Waals surface area contributed by atoms with Crippen LogP contribution in [0.1, 0.15) is 56.9 Å². The van der Waals surface area contributed by atoms with Gasteiger partial charge in [-0.1, -0.05) is 38.1 Å². The molecule has 0 aliphatic carbocycles. The monoisotopic (exact) mass is 485 g/mol. The van der Waals surface area contributed by atoms with Crippen molar-refractivity contribution in [2.75, 3.05) is 19.7 Å². The van der Waals surface area contributed by atoms with Crippen LogP contribution in [0.5, 0.6) is 23.0 Å². The summed E-state index contributed by atoms with van der Waals surface area (Å²) in [4.78, 5) is 2.51. The van der Waals surface area contributed by atoms with E-state index in [-0.39, 0.29) is 17.6 Å². The van der Waals surface area contributed by atoms with Crippen molar-refractivity contribution in [2.24, 2.45) is 5.41 Å². The van der Waals surface area contributed by atoms with Crippen LogP contribution >= 0.6 is 0 Å². The molecular formula is C31H35NO4. The minimum atomic E-state index is -0.358. The number of ether oxygens (including phenoxy) is 2. The van der Waals surface area contributed by atoms with E-state index in [0.717, 1.165) is 52.4 Å². The van der Waals surface area contributed by atoms with Gasteiger partial charge in [-0.15, -0.1) is 0 Å². The lowest BCUT2D eigenvalue weighted by Crippen LogP contribution is -2.36. The molecule has 1 saturated heterocycles. The summed E-state index contributed by atoms with van der Waals surface area (Å²) in [6.45, 7) is 11.8. The molecular weight excluding hydrogens is 450 g/mol. The van der Waals surface area contributed by atoms with Gasteiger partial charge in [-0.2, -0.15) is 0 Å². The van der Waals surface area contributed by atoms with Gasteiger partial charge in [0.1, 0.15) is 35.7 Å². The van der Waals surface area contributed by atoms with E-state index in [4.69, 9.17) is 9.47 Å². The molecule has 0 spiro atoms. The number of phenolic OH excluding ortho intramolecular Hbond substituents is 2. The molecule has 3 aromatic carbocycles. The lowest BCUT2D eigenvalue weighted by atomic mass is 9.86. The van der Waals surface area contributed by atoms with E-state index in [2.05, 4.69) is 25.7 Å². The van der Waals surface area contributed by atoms with Gasteiger partial charge in [0.25, 0.3) is 0 Å². The van der Waals surface area contributed by atoms with Gasteiger partial charge in [-0.25, -0.2) is 0 Å². The zero-order valence-corrected chi connectivity index (χ0v) is 21.5. The second-order valence-corrected chi connectivity index (χ2v) is 10.9. The van der Waals surface area contributed by atoms with Gasteiger partial charge in [-0.05, 0) is 91.4 Å². The molecule has 0 radical (unpaired) electrons. The molecule has 1 fully saturated rings. The van der Waals surface area contributed by atoms with Crippen LogP contribution in [0.4, 0.5) is 0 Å². The van der Waals surface area contributed by atoms with Crippen LogP contribution in [0.15, 0.2) is 66.7 Å². The minimum Gasteiger partial charge on any atom is -0.508 e. The number of likely N-dealkylation sites (tertiary alicyclic amines) is 1. The highest BCUT2D eigenvalue weighted by Gasteiger charge is 2.32. The maximum absolute atomic E-state index is 10.2. The topological polar surface area (TPSA) is 62.2 Å². The Kier molecular flexibility index (Phi) is 6.44. The summed E-state index contributed by atoms with van der Waals surface area (Å²) < 4.78 is 12.6. The van der Waals surface area contributed by atoms with Crippen LogP contribution in [0.25, 0.3) is 11.1 Å². The second-order valence-electron chi connectivity index (χ2n) is 10.9. The van der Waals surface area contributed by atoms with Crippen molar-refractivity contribution in [3.05, 3.63) is 83.4 Å². The zero-order valence-electron chi connectivity index (χ0n) is 21.5. The summed E-state index contributed by atoms with van der Waals surface area (Å²) in [5.41, 5.74) is 5.07. The summed E-state index contributed by atoms with van der Waals surface area (Å²) in [6.07, 6.45) is 0.869. The molecule has 0 unspecified atom stereocenters. The molecule has 36 heavy (non-hydrogen) atoms. The third-order valence-corrected chi connectivity index (χ3v) is 7.44. The number of phenols is 2. The highest BCUT2D eigenvalue weighted by molar-refractivity contribution is 5.95. The van der Waals surface area contributed by atoms with E-state index in [0.29, 0.717) is 18.1 Å². The largest absolute Gasteiger partial charge is 0.508 e. The maximum Gasteiger partial charge on any atom is 0.150 e. The first kappa shape index (κ1) is 24.3. The molecule has 5 nitrogen and oxygen atoms in total. The van der Waals surface area contributed by atoms with Crippen LogP contribution in [-0.2, 0) is 0 Å². The molecule has 0 aromatic heterocycles. The molecule has 2 aliphatic rings. The van der Waals surface area contributed by atoms with E-state index in [1.165, 1.54) is 6.42 Å². The quantitative estimate of drug-likeness (QED) is 0.409. The molecule has 0 saturated carbocycles. The fraction of sp³-hybridized carbons (Fsp3) is 0.355. The Hall–Kier alpha value is -3.44. The lowest BCUT2D eigenvalue weighted by molar-refractivity contribution is 0.160. The molecule has 2 aliphatic heterocycles. The number of allylic oxidation sites excluding steroid dienone is 1. The molecule has 5 rings (SSSR count). The van der Waals surface area contributed by atoms with E-state index in [1.807, 2.05) is 43.3 Å². The third kappa shape index (κ3) is 4.93. The molecule has 0 bridgehead atoms. The van der Waals surface area contributed by atoms with E-state index >= 15 is 0 Å². The number of hydrogen-bond acceptors (Lipinski definition) is 5. The summed E-state index contributed by atoms with van der Waals surface area (Å²) in [5, 5.41) is 20.2. The summed E-state index contributed by atoms with van der Waals surface area (Å²) in [6, 6.07) is 20.9. The van der Waals surface area contributed by atoms with Crippen molar-refractivity contribution >= 4 is 11.1 Å². The summed E-state index contributed by atoms with van der Waals surface area (Å²) in [5.74, 6) is 1.96. The standard InChI is InChI=1S/C31H35NO4/c1-20(32-15-14-31(3,4)19-32)18-35-26-11-8-22(9-12-26)30-29(23-6-5-7-24(33)16-23)21(2)27-17-25(34)10-13-28(27)36-30/h5-13,16-17,20,30,33-34H,14-15,18-19H2,1-4H3/t20-,30-/m0/s1. The number of fused-ring (bicyclic) bond motifs is 1. The van der Waals surface area contributed by atoms with Crippen LogP contribution < -0.4 is 9.47 Å². The van der Waals surface area contributed by atoms with E-state index in [1.54, 1.807) is 30.3 Å². The molecule has 2 heterocycles. The first-order valence-electron chi connectivity index (χ1n) is 12.7. The van der Waals surface area contributed by atoms with Crippen molar-refractivity contribution in [3.8, 4) is 23.0 Å². The number of nitrogens with zero attached hydrogens (tertiary/aromatic N) is 1. The number of benzene rings is 3. The Morgan fingerprint density at radius 3 is 2.47 bits per heavy atom. The molecule has 2 N–H and O–H groups in total. The van der Waals surface area contributed by atoms with Crippen LogP contribution in [-0.4, -0.2) is 40.9 Å². The van der Waals surface area contributed by atoms with Crippen LogP contribution in [0.3, 0.4) is 0 Å². The highest BCUT2D eigenvalue weighted by atomic mass is 16.5. The predicted molar refractivity (Wildman–Crippen MR) is 143 cm³/mol. The normalized spacial score (nSPS) is 20.1. The molecule has 5 heteroatoms. The fourth-order valence-electron chi connectivity index (χ4n) is 5.31. The molecule has 3 aromatic rings. The van der Waals surface area contributed by atoms with Crippen molar-refractivity contribution in [1.82, 2.24) is 4.90 Å². The Morgan fingerprint density at radius 1 is 1.03 bits per heavy atom. The number of aromatic hydroxyl groups is 2. The smallest absolute Gasteiger partial charge is 0.150 e. The molecule has 2 atom stereocenters. The number of rotatable bonds is 6. The van der Waals surface area contributed by atoms with Gasteiger partial charge < -0.3 is 19.7 Å². The maximum atomic E-state index is 10.2. The fourth-order valence-corrected chi connectivity index (χ4v) is 5.31. The van der Waals surface area contributed by atoms with Gasteiger partial charge in [0.15, 0.2) is 0 Å². The summed E-state index contributed by atoms with van der Waals surface area (Å²) >= 11 is 0. The highest BCUT2D eigenvalue weighted by Crippen LogP contribution is 2.47. The predicted octanol–water partition coefficient (Wildman–Crippen LogP) is 6.66. The minimum absolute atomic E-state index is 0.193. The SMILES string of the molecule is CC1=C(c2cccc(O)c2)[C@H](c2ccc(OC[C@H](C)N3CCC(C)(C)C3)cc2)Oc2ccc(O)cc21. The third-order valence-electron chi connectivity index (χ3n) is 7.44. The van der Waals surface area contributed by atoms with E-state index < -0.39 is 0 Å². The first-order chi connectivity index (χ1) is 17.2. The average Bonchev–Trinajstić information content (AvgIpc) is 3.23. The van der Waals surface area contributed by atoms with Gasteiger partial charge in [0, 0.05) is 23.7 Å². The van der Waals surface area contributed by atoms with E-state index in [9.17, 15) is 10.2 Å². The zero-order chi connectivity index (χ0) is 25.4. The van der Waals surface area contributed by atoms with Crippen molar-refractivity contribution in [1.29, 1.82) is 0 Å². The van der Waals surface area contributed by atoms with Crippen LogP contribution in [0, 0.1) is 5.41 Å². The molecule has 188 valence electrons. The average molecular weight is 486 g/mol. The van der Waals surface area contributed by atoms with Gasteiger partial charge in [-0.3, -0.25) is 4.90 Å². The van der Waals surface area contributed by atoms with Gasteiger partial charge in [0.05, 0.1) is 0 Å². The van der Waals surface area contributed by atoms with Crippen LogP contribution in [0.2, 0.25) is 0 Å². The molecule has 0 amide bonds. The van der Waals surface area contributed by atoms with Crippen molar-refractivity contribution in [2.45, 2.75) is 46.3 Å². The van der Waals surface area contributed by atoms with Gasteiger partial charge in [0.2, 0.25) is 0 Å². The Balaban J connectivity index is 1.39. The Morgan fingerprint density at radius 2 is 1.78 bits per heavy atom. The Bertz CT molecular complexity index is 1280. The second kappa shape index (κ2) is 9.55. The first-order valence-corrected chi connectivity index (χ1v) is 12.7. The van der Waals surface area contributed by atoms with Crippen molar-refractivity contribution < 1.29 is 19.7 Å².